The molecule has 9 heteroatoms. The van der Waals surface area contributed by atoms with E-state index in [4.69, 9.17) is 9.05 Å². The van der Waals surface area contributed by atoms with Gasteiger partial charge in [-0.05, 0) is 44.9 Å². The number of nitrogens with zero attached hydrogens (tertiary/aromatic N) is 1. The van der Waals surface area contributed by atoms with E-state index in [1.165, 1.54) is 231 Å². The minimum Gasteiger partial charge on any atom is -0.756 e. The summed E-state index contributed by atoms with van der Waals surface area (Å²) in [4.78, 5) is 25.5. The quantitative estimate of drug-likeness (QED) is 0.0272. The van der Waals surface area contributed by atoms with Crippen LogP contribution in [0.4, 0.5) is 0 Å². The summed E-state index contributed by atoms with van der Waals surface area (Å²) in [6.45, 7) is 4.69. The third-order valence-corrected chi connectivity index (χ3v) is 14.4. The van der Waals surface area contributed by atoms with Gasteiger partial charge in [0.2, 0.25) is 5.91 Å². The van der Waals surface area contributed by atoms with Gasteiger partial charge in [0.05, 0.1) is 39.9 Å². The Hall–Kier alpha value is -1.02. The first kappa shape index (κ1) is 66.0. The summed E-state index contributed by atoms with van der Waals surface area (Å²) in [6, 6.07) is -0.884. The molecule has 3 atom stereocenters. The molecule has 2 N–H and O–H groups in total. The summed E-state index contributed by atoms with van der Waals surface area (Å²) in [5, 5.41) is 13.9. The molecule has 0 aliphatic heterocycles. The van der Waals surface area contributed by atoms with Crippen molar-refractivity contribution in [1.29, 1.82) is 0 Å². The molecule has 0 saturated heterocycles. The number of likely N-dealkylation sites (N-methyl/N-ethyl adjacent to an activating group) is 1. The first-order chi connectivity index (χ1) is 32.5. The fourth-order valence-electron chi connectivity index (χ4n) is 8.80. The van der Waals surface area contributed by atoms with Crippen LogP contribution in [-0.4, -0.2) is 68.5 Å². The van der Waals surface area contributed by atoms with Crippen molar-refractivity contribution in [2.24, 2.45) is 0 Å². The third-order valence-electron chi connectivity index (χ3n) is 13.4. The standard InChI is InChI=1S/C58H115N2O6P/c1-6-8-10-12-14-16-18-20-22-24-25-26-27-28-29-30-31-32-33-34-35-36-38-40-42-44-46-48-50-52-58(62)59-56(55-66-67(63,64)65-54-53-60(3,4)5)57(61)51-49-47-45-43-41-39-37-23-21-19-17-15-13-11-9-7-2/h28-29,49,51,56-57,61H,6-27,30-48,50,52-55H2,1-5H3,(H-,59,62,63,64)/b29-28-,51-49+. The van der Waals surface area contributed by atoms with E-state index in [0.29, 0.717) is 17.4 Å². The second kappa shape index (κ2) is 49.9. The third kappa shape index (κ3) is 52.6. The van der Waals surface area contributed by atoms with Crippen molar-refractivity contribution in [3.05, 3.63) is 24.3 Å². The van der Waals surface area contributed by atoms with Gasteiger partial charge in [0.15, 0.2) is 0 Å². The molecule has 0 aliphatic rings. The van der Waals surface area contributed by atoms with Crippen LogP contribution in [0.2, 0.25) is 0 Å². The van der Waals surface area contributed by atoms with Crippen LogP contribution in [0, 0.1) is 0 Å². The molecular formula is C58H115N2O6P. The molecule has 3 unspecified atom stereocenters. The number of phosphoric acid groups is 1. The highest BCUT2D eigenvalue weighted by Crippen LogP contribution is 2.38. The zero-order valence-corrected chi connectivity index (χ0v) is 46.3. The van der Waals surface area contributed by atoms with Gasteiger partial charge in [-0.25, -0.2) is 0 Å². The molecule has 8 nitrogen and oxygen atoms in total. The van der Waals surface area contributed by atoms with Crippen LogP contribution < -0.4 is 10.2 Å². The molecule has 1 amide bonds. The summed E-state index contributed by atoms with van der Waals surface area (Å²) in [5.41, 5.74) is 0. The number of carbonyl (C=O) groups is 1. The highest BCUT2D eigenvalue weighted by Gasteiger charge is 2.23. The number of allylic oxidation sites excluding steroid dienone is 3. The molecule has 0 bridgehead atoms. The van der Waals surface area contributed by atoms with Gasteiger partial charge in [-0.2, -0.15) is 0 Å². The SMILES string of the molecule is CCCCCCCCCCCCCC/C=C\CCCCCCCCCCCCCCCC(=O)NC(COP(=O)([O-])OCC[N+](C)(C)C)C(O)/C=C/CCCCCCCCCCCCCCCC. The van der Waals surface area contributed by atoms with E-state index in [9.17, 15) is 19.4 Å². The van der Waals surface area contributed by atoms with Gasteiger partial charge < -0.3 is 28.8 Å². The normalized spacial score (nSPS) is 14.1. The van der Waals surface area contributed by atoms with Gasteiger partial charge in [-0.1, -0.05) is 263 Å². The molecule has 0 fully saturated rings. The number of hydrogen-bond donors (Lipinski definition) is 2. The van der Waals surface area contributed by atoms with Crippen LogP contribution >= 0.6 is 7.82 Å². The average Bonchev–Trinajstić information content (AvgIpc) is 3.29. The second-order valence-electron chi connectivity index (χ2n) is 21.4. The molecule has 0 saturated carbocycles. The van der Waals surface area contributed by atoms with Crippen LogP contribution in [0.3, 0.4) is 0 Å². The van der Waals surface area contributed by atoms with Crippen molar-refractivity contribution < 1.29 is 32.9 Å². The van der Waals surface area contributed by atoms with Crippen LogP contribution in [0.1, 0.15) is 290 Å². The summed E-state index contributed by atoms with van der Waals surface area (Å²) >= 11 is 0. The van der Waals surface area contributed by atoms with Crippen molar-refractivity contribution in [1.82, 2.24) is 5.32 Å². The van der Waals surface area contributed by atoms with Crippen molar-refractivity contribution in [3.8, 4) is 0 Å². The monoisotopic (exact) mass is 967 g/mol. The minimum atomic E-state index is -4.59. The average molecular weight is 968 g/mol. The topological polar surface area (TPSA) is 108 Å². The lowest BCUT2D eigenvalue weighted by Crippen LogP contribution is -2.45. The highest BCUT2D eigenvalue weighted by atomic mass is 31.2. The number of aliphatic hydroxyl groups excluding tert-OH is 1. The van der Waals surface area contributed by atoms with Crippen LogP contribution in [0.5, 0.6) is 0 Å². The van der Waals surface area contributed by atoms with Gasteiger partial charge in [0.25, 0.3) is 7.82 Å². The first-order valence-electron chi connectivity index (χ1n) is 29.2. The maximum absolute atomic E-state index is 13.0. The molecule has 0 heterocycles. The first-order valence-corrected chi connectivity index (χ1v) is 30.7. The summed E-state index contributed by atoms with van der Waals surface area (Å²) in [6.07, 6.45) is 62.6. The number of quaternary nitrogens is 1. The van der Waals surface area contributed by atoms with Gasteiger partial charge in [0, 0.05) is 6.42 Å². The minimum absolute atomic E-state index is 0.000933. The summed E-state index contributed by atoms with van der Waals surface area (Å²) in [7, 11) is 1.27. The smallest absolute Gasteiger partial charge is 0.268 e. The predicted octanol–water partition coefficient (Wildman–Crippen LogP) is 17.0. The van der Waals surface area contributed by atoms with Crippen LogP contribution in [0.15, 0.2) is 24.3 Å². The van der Waals surface area contributed by atoms with Crippen molar-refractivity contribution in [2.75, 3.05) is 40.9 Å². The summed E-state index contributed by atoms with van der Waals surface area (Å²) in [5.74, 6) is -0.193. The Kier molecular flexibility index (Phi) is 49.2. The number of amides is 1. The highest BCUT2D eigenvalue weighted by molar-refractivity contribution is 7.45. The number of rotatable bonds is 54. The van der Waals surface area contributed by atoms with E-state index in [0.717, 1.165) is 38.5 Å². The number of nitrogens with one attached hydrogen (secondary N) is 1. The molecule has 398 valence electrons. The Morgan fingerprint density at radius 1 is 0.507 bits per heavy atom. The zero-order chi connectivity index (χ0) is 49.2. The molecule has 0 aromatic rings. The molecule has 0 aromatic heterocycles. The number of carbonyl (C=O) groups excluding carboxylic acids is 1. The number of hydrogen-bond acceptors (Lipinski definition) is 6. The number of unbranched alkanes of at least 4 members (excludes halogenated alkanes) is 39. The van der Waals surface area contributed by atoms with E-state index >= 15 is 0 Å². The lowest BCUT2D eigenvalue weighted by atomic mass is 10.0. The van der Waals surface area contributed by atoms with Crippen molar-refractivity contribution in [2.45, 2.75) is 302 Å². The molecule has 0 aromatic carbocycles. The maximum atomic E-state index is 13.0. The van der Waals surface area contributed by atoms with Crippen LogP contribution in [-0.2, 0) is 18.4 Å². The molecule has 0 aliphatic carbocycles. The molecule has 67 heavy (non-hydrogen) atoms. The van der Waals surface area contributed by atoms with Gasteiger partial charge in [-0.15, -0.1) is 0 Å². The molecular weight excluding hydrogens is 852 g/mol. The Bertz CT molecular complexity index is 1140. The Balaban J connectivity index is 4.10. The molecule has 0 spiro atoms. The maximum Gasteiger partial charge on any atom is 0.268 e. The largest absolute Gasteiger partial charge is 0.756 e. The van der Waals surface area contributed by atoms with E-state index in [1.807, 2.05) is 27.2 Å². The van der Waals surface area contributed by atoms with Crippen molar-refractivity contribution in [3.63, 3.8) is 0 Å². The fourth-order valence-corrected chi connectivity index (χ4v) is 9.52. The second-order valence-corrected chi connectivity index (χ2v) is 22.8. The van der Waals surface area contributed by atoms with Crippen LogP contribution in [0.25, 0.3) is 0 Å². The Morgan fingerprint density at radius 2 is 0.821 bits per heavy atom. The van der Waals surface area contributed by atoms with Crippen molar-refractivity contribution >= 4 is 13.7 Å². The fraction of sp³-hybridized carbons (Fsp3) is 0.914. The summed E-state index contributed by atoms with van der Waals surface area (Å²) < 4.78 is 23.3. The van der Waals surface area contributed by atoms with E-state index in [2.05, 4.69) is 31.3 Å². The van der Waals surface area contributed by atoms with Gasteiger partial charge in [-0.3, -0.25) is 9.36 Å². The predicted molar refractivity (Wildman–Crippen MR) is 289 cm³/mol. The van der Waals surface area contributed by atoms with Gasteiger partial charge in [0.1, 0.15) is 13.2 Å². The lowest BCUT2D eigenvalue weighted by Gasteiger charge is -2.29. The van der Waals surface area contributed by atoms with Gasteiger partial charge >= 0.3 is 0 Å². The Labute approximate surface area is 417 Å². The van der Waals surface area contributed by atoms with E-state index < -0.39 is 20.0 Å². The number of aliphatic hydroxyl groups is 1. The molecule has 0 rings (SSSR count). The molecule has 0 radical (unpaired) electrons. The van der Waals surface area contributed by atoms with E-state index in [1.54, 1.807) is 6.08 Å². The zero-order valence-electron chi connectivity index (χ0n) is 45.4. The Morgan fingerprint density at radius 3 is 1.16 bits per heavy atom. The lowest BCUT2D eigenvalue weighted by molar-refractivity contribution is -0.870. The number of phosphoric ester groups is 1. The van der Waals surface area contributed by atoms with E-state index in [-0.39, 0.29) is 19.1 Å².